The van der Waals surface area contributed by atoms with Gasteiger partial charge in [-0.15, -0.1) is 0 Å². The molecule has 10 heteroatoms. The van der Waals surface area contributed by atoms with Crippen molar-refractivity contribution >= 4 is 29.1 Å². The number of nitrogen functional groups attached to an aromatic ring is 1. The molecule has 0 bridgehead atoms. The topological polar surface area (TPSA) is 130 Å². The number of aliphatic hydroxyl groups excluding tert-OH is 1. The average Bonchev–Trinajstić information content (AvgIpc) is 3.12. The third kappa shape index (κ3) is 5.07. The van der Waals surface area contributed by atoms with Crippen molar-refractivity contribution in [1.29, 1.82) is 10.5 Å². The smallest absolute Gasteiger partial charge is 0.161 e. The number of ether oxygens (including phenoxy) is 2. The minimum absolute atomic E-state index is 0.0462. The second-order valence-corrected chi connectivity index (χ2v) is 7.14. The van der Waals surface area contributed by atoms with Crippen molar-refractivity contribution in [2.45, 2.75) is 13.2 Å². The van der Waals surface area contributed by atoms with Crippen molar-refractivity contribution in [2.24, 2.45) is 0 Å². The Kier molecular flexibility index (Phi) is 7.52. The Morgan fingerprint density at radius 3 is 2.73 bits per heavy atom. The summed E-state index contributed by atoms with van der Waals surface area (Å²) in [7, 11) is 1.45. The minimum Gasteiger partial charge on any atom is -0.493 e. The molecule has 0 radical (unpaired) electrons. The number of halogens is 2. The lowest BCUT2D eigenvalue weighted by Crippen LogP contribution is -2.07. The second-order valence-electron chi connectivity index (χ2n) is 6.74. The maximum absolute atomic E-state index is 14.0. The summed E-state index contributed by atoms with van der Waals surface area (Å²) in [4.78, 5) is 0. The van der Waals surface area contributed by atoms with Crippen LogP contribution in [-0.2, 0) is 13.2 Å². The first kappa shape index (κ1) is 23.6. The fraction of sp³-hybridized carbons (Fsp3) is 0.174. The lowest BCUT2D eigenvalue weighted by molar-refractivity contribution is 0.270. The van der Waals surface area contributed by atoms with E-state index in [4.69, 9.17) is 31.9 Å². The van der Waals surface area contributed by atoms with Crippen LogP contribution < -0.4 is 15.2 Å². The number of nitrogens with zero attached hydrogens (tertiary/aromatic N) is 4. The fourth-order valence-corrected chi connectivity index (χ4v) is 3.29. The van der Waals surface area contributed by atoms with E-state index in [1.165, 1.54) is 30.0 Å². The number of nitriles is 2. The molecule has 3 N–H and O–H groups in total. The highest BCUT2D eigenvalue weighted by Crippen LogP contribution is 2.32. The average molecular weight is 468 g/mol. The zero-order valence-electron chi connectivity index (χ0n) is 17.5. The number of methoxy groups -OCH3 is 1. The summed E-state index contributed by atoms with van der Waals surface area (Å²) in [5, 5.41) is 32.7. The lowest BCUT2D eigenvalue weighted by atomic mass is 10.1. The summed E-state index contributed by atoms with van der Waals surface area (Å²) in [6, 6.07) is 13.2. The van der Waals surface area contributed by atoms with E-state index in [1.54, 1.807) is 24.3 Å². The van der Waals surface area contributed by atoms with Gasteiger partial charge in [0.2, 0.25) is 0 Å². The highest BCUT2D eigenvalue weighted by Gasteiger charge is 2.19. The normalized spacial score (nSPS) is 11.0. The maximum Gasteiger partial charge on any atom is 0.161 e. The number of allylic oxidation sites excluding steroid dienone is 1. The molecule has 0 aliphatic carbocycles. The summed E-state index contributed by atoms with van der Waals surface area (Å²) in [5.41, 5.74) is 6.96. The quantitative estimate of drug-likeness (QED) is 0.482. The number of anilines is 1. The number of hydrogen-bond donors (Lipinski definition) is 2. The Morgan fingerprint density at radius 2 is 2.09 bits per heavy atom. The Labute approximate surface area is 194 Å². The SMILES string of the molecule is COc1cc(/C=C(\C#N)c2nn(CCO)c(N)c2C#N)ccc1OCc1c(F)cccc1Cl. The Hall–Kier alpha value is -4.05. The number of hydrogen-bond acceptors (Lipinski definition) is 7. The van der Waals surface area contributed by atoms with Crippen LogP contribution in [0, 0.1) is 28.5 Å². The molecule has 0 amide bonds. The van der Waals surface area contributed by atoms with Gasteiger partial charge in [0, 0.05) is 5.56 Å². The fourth-order valence-electron chi connectivity index (χ4n) is 3.07. The van der Waals surface area contributed by atoms with E-state index in [1.807, 2.05) is 12.1 Å². The van der Waals surface area contributed by atoms with Gasteiger partial charge in [0.05, 0.1) is 30.9 Å². The van der Waals surface area contributed by atoms with E-state index in [-0.39, 0.29) is 53.0 Å². The van der Waals surface area contributed by atoms with E-state index in [9.17, 15) is 14.9 Å². The van der Waals surface area contributed by atoms with Crippen LogP contribution in [-0.4, -0.2) is 28.6 Å². The van der Waals surface area contributed by atoms with Crippen LogP contribution in [0.3, 0.4) is 0 Å². The molecule has 0 atom stereocenters. The van der Waals surface area contributed by atoms with Crippen LogP contribution in [0.15, 0.2) is 36.4 Å². The summed E-state index contributed by atoms with van der Waals surface area (Å²) < 4.78 is 26.3. The second kappa shape index (κ2) is 10.5. The molecule has 0 saturated heterocycles. The number of nitrogens with two attached hydrogens (primary N) is 1. The van der Waals surface area contributed by atoms with Crippen molar-refractivity contribution in [3.8, 4) is 23.6 Å². The van der Waals surface area contributed by atoms with Gasteiger partial charge in [0.1, 0.15) is 41.6 Å². The Bertz CT molecular complexity index is 1270. The van der Waals surface area contributed by atoms with Gasteiger partial charge in [-0.3, -0.25) is 0 Å². The number of aromatic nitrogens is 2. The van der Waals surface area contributed by atoms with Crippen molar-refractivity contribution in [3.63, 3.8) is 0 Å². The van der Waals surface area contributed by atoms with Gasteiger partial charge < -0.3 is 20.3 Å². The van der Waals surface area contributed by atoms with Crippen LogP contribution in [0.1, 0.15) is 22.4 Å². The third-order valence-corrected chi connectivity index (χ3v) is 5.08. The number of aliphatic hydroxyl groups is 1. The third-order valence-electron chi connectivity index (χ3n) is 4.72. The van der Waals surface area contributed by atoms with Gasteiger partial charge in [-0.25, -0.2) is 9.07 Å². The molecular formula is C23H19ClFN5O3. The molecule has 3 aromatic rings. The molecule has 0 aliphatic rings. The molecule has 8 nitrogen and oxygen atoms in total. The first-order valence-electron chi connectivity index (χ1n) is 9.66. The molecule has 3 rings (SSSR count). The van der Waals surface area contributed by atoms with E-state index < -0.39 is 5.82 Å². The molecule has 168 valence electrons. The van der Waals surface area contributed by atoms with Crippen molar-refractivity contribution < 1.29 is 19.0 Å². The molecule has 1 heterocycles. The molecule has 33 heavy (non-hydrogen) atoms. The first-order chi connectivity index (χ1) is 15.9. The van der Waals surface area contributed by atoms with Crippen LogP contribution >= 0.6 is 11.6 Å². The molecule has 0 fully saturated rings. The zero-order valence-corrected chi connectivity index (χ0v) is 18.3. The zero-order chi connectivity index (χ0) is 24.0. The standard InChI is InChI=1S/C23H19ClFN5O3/c1-32-21-10-14(5-6-20(21)33-13-17-18(24)3-2-4-19(17)25)9-15(11-26)22-16(12-27)23(28)30(29-22)7-8-31/h2-6,9-10,31H,7-8,13,28H2,1H3/b15-9+. The van der Waals surface area contributed by atoms with Crippen LogP contribution in [0.4, 0.5) is 10.2 Å². The molecule has 2 aromatic carbocycles. The van der Waals surface area contributed by atoms with E-state index >= 15 is 0 Å². The van der Waals surface area contributed by atoms with Gasteiger partial charge in [0.15, 0.2) is 11.5 Å². The summed E-state index contributed by atoms with van der Waals surface area (Å²) in [5.74, 6) is 0.282. The van der Waals surface area contributed by atoms with Gasteiger partial charge in [-0.2, -0.15) is 15.6 Å². The molecule has 1 aromatic heterocycles. The van der Waals surface area contributed by atoms with Crippen LogP contribution in [0.2, 0.25) is 5.02 Å². The van der Waals surface area contributed by atoms with Crippen LogP contribution in [0.25, 0.3) is 11.6 Å². The van der Waals surface area contributed by atoms with Crippen LogP contribution in [0.5, 0.6) is 11.5 Å². The monoisotopic (exact) mass is 467 g/mol. The highest BCUT2D eigenvalue weighted by molar-refractivity contribution is 6.31. The van der Waals surface area contributed by atoms with E-state index in [2.05, 4.69) is 5.10 Å². The molecule has 0 spiro atoms. The highest BCUT2D eigenvalue weighted by atomic mass is 35.5. The molecular weight excluding hydrogens is 449 g/mol. The Balaban J connectivity index is 1.92. The predicted molar refractivity (Wildman–Crippen MR) is 121 cm³/mol. The number of rotatable bonds is 8. The van der Waals surface area contributed by atoms with Crippen molar-refractivity contribution in [1.82, 2.24) is 9.78 Å². The summed E-state index contributed by atoms with van der Waals surface area (Å²) >= 11 is 6.04. The van der Waals surface area contributed by atoms with Gasteiger partial charge in [-0.05, 0) is 35.9 Å². The first-order valence-corrected chi connectivity index (χ1v) is 10.0. The van der Waals surface area contributed by atoms with Gasteiger partial charge >= 0.3 is 0 Å². The van der Waals surface area contributed by atoms with Gasteiger partial charge in [-0.1, -0.05) is 23.7 Å². The maximum atomic E-state index is 14.0. The molecule has 0 unspecified atom stereocenters. The summed E-state index contributed by atoms with van der Waals surface area (Å²) in [6.07, 6.45) is 1.52. The summed E-state index contributed by atoms with van der Waals surface area (Å²) in [6.45, 7) is -0.239. The lowest BCUT2D eigenvalue weighted by Gasteiger charge is -2.12. The van der Waals surface area contributed by atoms with Gasteiger partial charge in [0.25, 0.3) is 0 Å². The van der Waals surface area contributed by atoms with Crippen molar-refractivity contribution in [3.05, 3.63) is 69.6 Å². The van der Waals surface area contributed by atoms with E-state index in [0.29, 0.717) is 17.1 Å². The predicted octanol–water partition coefficient (Wildman–Crippen LogP) is 3.77. The Morgan fingerprint density at radius 1 is 1.30 bits per heavy atom. The number of benzene rings is 2. The molecule has 0 saturated carbocycles. The van der Waals surface area contributed by atoms with E-state index in [0.717, 1.165) is 0 Å². The van der Waals surface area contributed by atoms with Crippen molar-refractivity contribution in [2.75, 3.05) is 19.5 Å². The minimum atomic E-state index is -0.479. The largest absolute Gasteiger partial charge is 0.493 e. The molecule has 0 aliphatic heterocycles.